The molecule has 2 aliphatic carbocycles. The monoisotopic (exact) mass is 428 g/mol. The van der Waals surface area contributed by atoms with Crippen LogP contribution in [0.25, 0.3) is 0 Å². The molecule has 1 unspecified atom stereocenters. The first kappa shape index (κ1) is 18.5. The van der Waals surface area contributed by atoms with Crippen LogP contribution in [0.4, 0.5) is 5.69 Å². The molecule has 0 aromatic heterocycles. The summed E-state index contributed by atoms with van der Waals surface area (Å²) in [6.45, 7) is 0.783. The molecular weight excluding hydrogens is 399 g/mol. The van der Waals surface area contributed by atoms with Gasteiger partial charge in [-0.05, 0) is 75.7 Å². The Bertz CT molecular complexity index is 550. The maximum Gasteiger partial charge on any atom is 0.193 e. The second kappa shape index (κ2) is 8.33. The Morgan fingerprint density at radius 1 is 1.30 bits per heavy atom. The van der Waals surface area contributed by atoms with Crippen LogP contribution in [0.3, 0.4) is 0 Å². The number of fused-ring (bicyclic) bond motifs is 1. The third-order valence-electron chi connectivity index (χ3n) is 4.94. The quantitative estimate of drug-likeness (QED) is 0.430. The Labute approximate surface area is 156 Å². The van der Waals surface area contributed by atoms with Crippen molar-refractivity contribution in [2.75, 3.05) is 26.0 Å². The number of nitrogens with zero attached hydrogens (tertiary/aromatic N) is 2. The van der Waals surface area contributed by atoms with Crippen molar-refractivity contribution in [1.29, 1.82) is 0 Å². The van der Waals surface area contributed by atoms with Gasteiger partial charge in [0.25, 0.3) is 0 Å². The lowest BCUT2D eigenvalue weighted by molar-refractivity contribution is 0.271. The molecule has 1 aromatic rings. The van der Waals surface area contributed by atoms with Crippen molar-refractivity contribution in [2.24, 2.45) is 16.6 Å². The number of anilines is 1. The van der Waals surface area contributed by atoms with Crippen molar-refractivity contribution < 1.29 is 0 Å². The highest BCUT2D eigenvalue weighted by Gasteiger charge is 2.32. The molecule has 0 radical (unpaired) electrons. The van der Waals surface area contributed by atoms with Crippen LogP contribution < -0.4 is 11.1 Å². The molecule has 0 spiro atoms. The van der Waals surface area contributed by atoms with E-state index in [0.717, 1.165) is 24.6 Å². The van der Waals surface area contributed by atoms with Crippen molar-refractivity contribution in [3.63, 3.8) is 0 Å². The molecule has 5 heteroatoms. The Hall–Kier alpha value is -0.820. The van der Waals surface area contributed by atoms with E-state index in [1.54, 1.807) is 0 Å². The summed E-state index contributed by atoms with van der Waals surface area (Å²) in [5.74, 6) is 1.35. The molecule has 1 aromatic carbocycles. The summed E-state index contributed by atoms with van der Waals surface area (Å²) in [5.41, 5.74) is 10.2. The van der Waals surface area contributed by atoms with Crippen LogP contribution in [-0.2, 0) is 12.8 Å². The molecule has 3 N–H and O–H groups in total. The van der Waals surface area contributed by atoms with E-state index < -0.39 is 0 Å². The number of aliphatic imine (C=N–C) groups is 1. The van der Waals surface area contributed by atoms with Crippen molar-refractivity contribution >= 4 is 35.6 Å². The maximum absolute atomic E-state index is 6.13. The number of hydrogen-bond acceptors (Lipinski definition) is 2. The number of benzene rings is 1. The largest absolute Gasteiger partial charge is 0.370 e. The predicted octanol–water partition coefficient (Wildman–Crippen LogP) is 3.25. The van der Waals surface area contributed by atoms with Gasteiger partial charge >= 0.3 is 0 Å². The van der Waals surface area contributed by atoms with E-state index in [-0.39, 0.29) is 24.0 Å². The summed E-state index contributed by atoms with van der Waals surface area (Å²) in [6, 6.07) is 7.00. The predicted molar refractivity (Wildman–Crippen MR) is 109 cm³/mol. The Morgan fingerprint density at radius 2 is 2.04 bits per heavy atom. The molecule has 4 nitrogen and oxygen atoms in total. The van der Waals surface area contributed by atoms with Gasteiger partial charge in [-0.3, -0.25) is 4.99 Å². The third-order valence-corrected chi connectivity index (χ3v) is 4.94. The Morgan fingerprint density at radius 3 is 2.74 bits per heavy atom. The molecule has 128 valence electrons. The average Bonchev–Trinajstić information content (AvgIpc) is 3.32. The van der Waals surface area contributed by atoms with E-state index in [1.165, 1.54) is 43.2 Å². The lowest BCUT2D eigenvalue weighted by Gasteiger charge is -2.23. The molecule has 0 bridgehead atoms. The zero-order chi connectivity index (χ0) is 15.5. The summed E-state index contributed by atoms with van der Waals surface area (Å²) in [4.78, 5) is 6.87. The highest BCUT2D eigenvalue weighted by atomic mass is 127. The SMILES string of the molecule is CN(C)C(CN=C(N)Nc1cccc2c1CCCC2)C1CC1.I. The molecular formula is C18H29IN4. The first-order valence-electron chi connectivity index (χ1n) is 8.49. The second-order valence-corrected chi connectivity index (χ2v) is 6.87. The number of nitrogens with one attached hydrogen (secondary N) is 1. The number of guanidine groups is 1. The smallest absolute Gasteiger partial charge is 0.193 e. The minimum atomic E-state index is 0. The van der Waals surface area contributed by atoms with E-state index in [9.17, 15) is 0 Å². The van der Waals surface area contributed by atoms with Gasteiger partial charge in [0.05, 0.1) is 6.54 Å². The van der Waals surface area contributed by atoms with Gasteiger partial charge in [0.2, 0.25) is 0 Å². The van der Waals surface area contributed by atoms with E-state index in [4.69, 9.17) is 5.73 Å². The molecule has 1 saturated carbocycles. The van der Waals surface area contributed by atoms with E-state index in [0.29, 0.717) is 12.0 Å². The third kappa shape index (κ3) is 4.83. The summed E-state index contributed by atoms with van der Waals surface area (Å²) in [6.07, 6.45) is 7.56. The van der Waals surface area contributed by atoms with Crippen LogP contribution in [0.5, 0.6) is 0 Å². The second-order valence-electron chi connectivity index (χ2n) is 6.87. The van der Waals surface area contributed by atoms with Crippen LogP contribution in [0, 0.1) is 5.92 Å². The highest BCUT2D eigenvalue weighted by Crippen LogP contribution is 2.34. The molecule has 0 amide bonds. The molecule has 0 saturated heterocycles. The summed E-state index contributed by atoms with van der Waals surface area (Å²) >= 11 is 0. The Balaban J connectivity index is 0.00000192. The number of hydrogen-bond donors (Lipinski definition) is 2. The van der Waals surface area contributed by atoms with Crippen LogP contribution in [0.15, 0.2) is 23.2 Å². The lowest BCUT2D eigenvalue weighted by atomic mass is 9.90. The molecule has 0 aliphatic heterocycles. The van der Waals surface area contributed by atoms with Crippen molar-refractivity contribution in [2.45, 2.75) is 44.6 Å². The topological polar surface area (TPSA) is 53.6 Å². The van der Waals surface area contributed by atoms with Crippen LogP contribution >= 0.6 is 24.0 Å². The maximum atomic E-state index is 6.13. The van der Waals surface area contributed by atoms with E-state index in [1.807, 2.05) is 0 Å². The molecule has 2 aliphatic rings. The van der Waals surface area contributed by atoms with Gasteiger partial charge in [0, 0.05) is 11.7 Å². The van der Waals surface area contributed by atoms with Crippen LogP contribution in [0.2, 0.25) is 0 Å². The first-order valence-corrected chi connectivity index (χ1v) is 8.49. The lowest BCUT2D eigenvalue weighted by Crippen LogP contribution is -2.34. The van der Waals surface area contributed by atoms with Crippen LogP contribution in [-0.4, -0.2) is 37.5 Å². The van der Waals surface area contributed by atoms with Gasteiger partial charge in [-0.25, -0.2) is 0 Å². The molecule has 1 fully saturated rings. The van der Waals surface area contributed by atoms with Gasteiger partial charge < -0.3 is 16.0 Å². The number of aryl methyl sites for hydroxylation is 1. The van der Waals surface area contributed by atoms with Gasteiger partial charge in [0.1, 0.15) is 0 Å². The van der Waals surface area contributed by atoms with Gasteiger partial charge in [-0.15, -0.1) is 24.0 Å². The Kier molecular flexibility index (Phi) is 6.71. The van der Waals surface area contributed by atoms with E-state index >= 15 is 0 Å². The summed E-state index contributed by atoms with van der Waals surface area (Å²) in [7, 11) is 4.27. The highest BCUT2D eigenvalue weighted by molar-refractivity contribution is 14.0. The minimum Gasteiger partial charge on any atom is -0.370 e. The minimum absolute atomic E-state index is 0. The number of likely N-dealkylation sites (N-methyl/N-ethyl adjacent to an activating group) is 1. The molecule has 1 atom stereocenters. The normalized spacial score (nSPS) is 19.0. The van der Waals surface area contributed by atoms with Gasteiger partial charge in [0.15, 0.2) is 5.96 Å². The average molecular weight is 428 g/mol. The summed E-state index contributed by atoms with van der Waals surface area (Å²) < 4.78 is 0. The summed E-state index contributed by atoms with van der Waals surface area (Å²) in [5, 5.41) is 3.33. The molecule has 0 heterocycles. The van der Waals surface area contributed by atoms with Crippen molar-refractivity contribution in [3.8, 4) is 0 Å². The number of rotatable bonds is 5. The first-order chi connectivity index (χ1) is 10.6. The zero-order valence-electron chi connectivity index (χ0n) is 14.2. The van der Waals surface area contributed by atoms with Crippen molar-refractivity contribution in [1.82, 2.24) is 4.90 Å². The standard InChI is InChI=1S/C18H28N4.HI/c1-22(2)17(14-10-11-14)12-20-18(19)21-16-9-5-7-13-6-3-4-8-15(13)16;/h5,7,9,14,17H,3-4,6,8,10-12H2,1-2H3,(H3,19,20,21);1H. The molecule has 23 heavy (non-hydrogen) atoms. The van der Waals surface area contributed by atoms with E-state index in [2.05, 4.69) is 47.5 Å². The number of halogens is 1. The van der Waals surface area contributed by atoms with Gasteiger partial charge in [-0.2, -0.15) is 0 Å². The fourth-order valence-corrected chi connectivity index (χ4v) is 3.48. The molecule has 3 rings (SSSR count). The number of nitrogens with two attached hydrogens (primary N) is 1. The van der Waals surface area contributed by atoms with Crippen LogP contribution in [0.1, 0.15) is 36.8 Å². The fourth-order valence-electron chi connectivity index (χ4n) is 3.48. The fraction of sp³-hybridized carbons (Fsp3) is 0.611. The zero-order valence-corrected chi connectivity index (χ0v) is 16.5. The van der Waals surface area contributed by atoms with Crippen molar-refractivity contribution in [3.05, 3.63) is 29.3 Å². The van der Waals surface area contributed by atoms with Gasteiger partial charge in [-0.1, -0.05) is 12.1 Å².